The molecule has 1 heterocycles. The molecule has 3 rings (SSSR count). The van der Waals surface area contributed by atoms with E-state index in [-0.39, 0.29) is 12.9 Å². The maximum Gasteiger partial charge on any atom is 0.162 e. The van der Waals surface area contributed by atoms with Gasteiger partial charge in [0.1, 0.15) is 6.61 Å². The van der Waals surface area contributed by atoms with Crippen molar-refractivity contribution in [3.05, 3.63) is 0 Å². The first-order valence-electron chi connectivity index (χ1n) is 5.09. The Hall–Kier alpha value is -0.110. The molecule has 3 unspecified atom stereocenters. The smallest absolute Gasteiger partial charge is 0.162 e. The molecule has 0 amide bonds. The zero-order valence-corrected chi connectivity index (χ0v) is 9.31. The largest absolute Gasteiger partial charge is 0.348 e. The molecule has 3 fully saturated rings. The number of nitriles is 1. The van der Waals surface area contributed by atoms with Gasteiger partial charge >= 0.3 is 0 Å². The number of hydrogen-bond acceptors (Lipinski definition) is 3. The highest BCUT2D eigenvalue weighted by molar-refractivity contribution is 9.09. The van der Waals surface area contributed by atoms with Crippen LogP contribution in [0.15, 0.2) is 0 Å². The van der Waals surface area contributed by atoms with Gasteiger partial charge in [0.15, 0.2) is 6.29 Å². The van der Waals surface area contributed by atoms with Gasteiger partial charge in [0.25, 0.3) is 0 Å². The van der Waals surface area contributed by atoms with Gasteiger partial charge in [-0.15, -0.1) is 0 Å². The first-order valence-corrected chi connectivity index (χ1v) is 6.01. The Morgan fingerprint density at radius 2 is 2.21 bits per heavy atom. The van der Waals surface area contributed by atoms with Crippen molar-refractivity contribution in [1.82, 2.24) is 0 Å². The van der Waals surface area contributed by atoms with Gasteiger partial charge < -0.3 is 9.47 Å². The standard InChI is InChI=1S/C10H12BrNO2/c11-8-5-3-6-7(4-5)10(13-2-1-12)14-9(6)8/h5-10H,2-4H2/t5?,6?,7?,8-,9+,10+/m1/s1. The van der Waals surface area contributed by atoms with Gasteiger partial charge in [0.2, 0.25) is 0 Å². The summed E-state index contributed by atoms with van der Waals surface area (Å²) < 4.78 is 11.2. The third kappa shape index (κ3) is 1.09. The van der Waals surface area contributed by atoms with Crippen molar-refractivity contribution in [3.63, 3.8) is 0 Å². The van der Waals surface area contributed by atoms with Crippen molar-refractivity contribution in [3.8, 4) is 6.07 Å². The lowest BCUT2D eigenvalue weighted by Gasteiger charge is -2.20. The van der Waals surface area contributed by atoms with Crippen LogP contribution in [0.4, 0.5) is 0 Å². The molecular weight excluding hydrogens is 246 g/mol. The van der Waals surface area contributed by atoms with Crippen molar-refractivity contribution in [2.24, 2.45) is 17.8 Å². The molecule has 1 saturated heterocycles. The summed E-state index contributed by atoms with van der Waals surface area (Å²) in [6, 6.07) is 2.00. The second-order valence-corrected chi connectivity index (χ2v) is 5.50. The van der Waals surface area contributed by atoms with E-state index in [2.05, 4.69) is 15.9 Å². The SMILES string of the molecule is N#CCO[C@H]1O[C@H]2C3CC(CC31)[C@H]2Br. The van der Waals surface area contributed by atoms with E-state index < -0.39 is 0 Å². The molecule has 6 atom stereocenters. The van der Waals surface area contributed by atoms with Crippen LogP contribution in [-0.4, -0.2) is 23.8 Å². The normalized spacial score (nSPS) is 53.7. The first-order chi connectivity index (χ1) is 6.81. The number of nitrogens with zero attached hydrogens (tertiary/aromatic N) is 1. The van der Waals surface area contributed by atoms with Gasteiger partial charge in [-0.1, -0.05) is 15.9 Å². The highest BCUT2D eigenvalue weighted by atomic mass is 79.9. The van der Waals surface area contributed by atoms with Crippen LogP contribution in [0.5, 0.6) is 0 Å². The molecule has 0 aromatic rings. The molecule has 4 heteroatoms. The lowest BCUT2D eigenvalue weighted by atomic mass is 9.89. The van der Waals surface area contributed by atoms with Crippen LogP contribution in [0.25, 0.3) is 0 Å². The maximum absolute atomic E-state index is 8.46. The Morgan fingerprint density at radius 1 is 1.43 bits per heavy atom. The molecule has 1 aliphatic heterocycles. The molecule has 0 radical (unpaired) electrons. The minimum Gasteiger partial charge on any atom is -0.348 e. The molecule has 2 bridgehead atoms. The van der Waals surface area contributed by atoms with Gasteiger partial charge in [0, 0.05) is 10.7 Å². The van der Waals surface area contributed by atoms with Gasteiger partial charge in [-0.3, -0.25) is 0 Å². The van der Waals surface area contributed by atoms with Crippen molar-refractivity contribution in [1.29, 1.82) is 5.26 Å². The summed E-state index contributed by atoms with van der Waals surface area (Å²) in [5.74, 6) is 1.99. The average molecular weight is 258 g/mol. The monoisotopic (exact) mass is 257 g/mol. The topological polar surface area (TPSA) is 42.2 Å². The molecule has 2 aliphatic carbocycles. The van der Waals surface area contributed by atoms with Gasteiger partial charge in [-0.25, -0.2) is 0 Å². The van der Waals surface area contributed by atoms with Crippen LogP contribution < -0.4 is 0 Å². The molecule has 3 aliphatic rings. The van der Waals surface area contributed by atoms with E-state index in [4.69, 9.17) is 14.7 Å². The number of halogens is 1. The van der Waals surface area contributed by atoms with E-state index in [1.54, 1.807) is 0 Å². The summed E-state index contributed by atoms with van der Waals surface area (Å²) in [5, 5.41) is 8.46. The summed E-state index contributed by atoms with van der Waals surface area (Å²) in [5.41, 5.74) is 0. The van der Waals surface area contributed by atoms with Crippen LogP contribution in [0.1, 0.15) is 12.8 Å². The summed E-state index contributed by atoms with van der Waals surface area (Å²) in [6.45, 7) is 0.151. The molecule has 14 heavy (non-hydrogen) atoms. The second-order valence-electron chi connectivity index (χ2n) is 4.44. The third-order valence-corrected chi connectivity index (χ3v) is 5.11. The van der Waals surface area contributed by atoms with Crippen LogP contribution in [-0.2, 0) is 9.47 Å². The van der Waals surface area contributed by atoms with E-state index in [0.717, 1.165) is 5.92 Å². The average Bonchev–Trinajstić information content (AvgIpc) is 2.76. The number of rotatable bonds is 2. The van der Waals surface area contributed by atoms with Crippen LogP contribution in [0.3, 0.4) is 0 Å². The molecule has 0 spiro atoms. The Kier molecular flexibility index (Phi) is 2.08. The Balaban J connectivity index is 1.74. The summed E-state index contributed by atoms with van der Waals surface area (Å²) >= 11 is 3.70. The number of alkyl halides is 1. The lowest BCUT2D eigenvalue weighted by Crippen LogP contribution is -2.26. The van der Waals surface area contributed by atoms with Crippen LogP contribution in [0.2, 0.25) is 0 Å². The lowest BCUT2D eigenvalue weighted by molar-refractivity contribution is -0.134. The van der Waals surface area contributed by atoms with Gasteiger partial charge in [-0.2, -0.15) is 5.26 Å². The fourth-order valence-electron chi connectivity index (χ4n) is 3.31. The minimum atomic E-state index is -0.114. The summed E-state index contributed by atoms with van der Waals surface area (Å²) in [6.07, 6.45) is 2.70. The zero-order valence-electron chi connectivity index (χ0n) is 7.73. The molecule has 2 saturated carbocycles. The molecular formula is C10H12BrNO2. The Morgan fingerprint density at radius 3 is 2.86 bits per heavy atom. The summed E-state index contributed by atoms with van der Waals surface area (Å²) in [4.78, 5) is 0.513. The maximum atomic E-state index is 8.46. The second kappa shape index (κ2) is 3.19. The highest BCUT2D eigenvalue weighted by Crippen LogP contribution is 2.58. The van der Waals surface area contributed by atoms with Crippen molar-refractivity contribution in [2.75, 3.05) is 6.61 Å². The van der Waals surface area contributed by atoms with E-state index in [1.807, 2.05) is 6.07 Å². The van der Waals surface area contributed by atoms with E-state index in [9.17, 15) is 0 Å². The number of fused-ring (bicyclic) bond motifs is 1. The van der Waals surface area contributed by atoms with Crippen molar-refractivity contribution >= 4 is 15.9 Å². The Bertz CT molecular complexity index is 290. The fraction of sp³-hybridized carbons (Fsp3) is 0.900. The molecule has 3 nitrogen and oxygen atoms in total. The molecule has 0 aromatic heterocycles. The van der Waals surface area contributed by atoms with Crippen molar-refractivity contribution in [2.45, 2.75) is 30.1 Å². The quantitative estimate of drug-likeness (QED) is 0.707. The van der Waals surface area contributed by atoms with Crippen LogP contribution in [0, 0.1) is 29.1 Å². The van der Waals surface area contributed by atoms with Crippen molar-refractivity contribution < 1.29 is 9.47 Å². The molecule has 0 N–H and O–H groups in total. The number of hydrogen-bond donors (Lipinski definition) is 0. The van der Waals surface area contributed by atoms with E-state index in [1.165, 1.54) is 12.8 Å². The zero-order chi connectivity index (χ0) is 9.71. The molecule has 76 valence electrons. The van der Waals surface area contributed by atoms with Crippen LogP contribution >= 0.6 is 15.9 Å². The highest BCUT2D eigenvalue weighted by Gasteiger charge is 2.60. The van der Waals surface area contributed by atoms with E-state index >= 15 is 0 Å². The number of ether oxygens (including phenoxy) is 2. The predicted molar refractivity (Wildman–Crippen MR) is 52.6 cm³/mol. The third-order valence-electron chi connectivity index (χ3n) is 3.84. The van der Waals surface area contributed by atoms with E-state index in [0.29, 0.717) is 22.8 Å². The predicted octanol–water partition coefficient (Wildman–Crippen LogP) is 1.67. The molecule has 0 aromatic carbocycles. The first kappa shape index (κ1) is 9.14. The fourth-order valence-corrected chi connectivity index (χ4v) is 4.26. The Labute approximate surface area is 91.5 Å². The summed E-state index contributed by atoms with van der Waals surface area (Å²) in [7, 11) is 0. The minimum absolute atomic E-state index is 0.114. The van der Waals surface area contributed by atoms with Gasteiger partial charge in [0.05, 0.1) is 12.2 Å². The van der Waals surface area contributed by atoms with Gasteiger partial charge in [-0.05, 0) is 24.7 Å².